The van der Waals surface area contributed by atoms with Crippen LogP contribution in [0.3, 0.4) is 0 Å². The van der Waals surface area contributed by atoms with E-state index in [1.165, 1.54) is 0 Å². The quantitative estimate of drug-likeness (QED) is 0.135. The van der Waals surface area contributed by atoms with Crippen molar-refractivity contribution in [1.29, 1.82) is 0 Å². The maximum atomic E-state index is 14.7. The topological polar surface area (TPSA) is 19.7 Å². The van der Waals surface area contributed by atoms with Crippen molar-refractivity contribution in [3.8, 4) is 11.4 Å². The highest BCUT2D eigenvalue weighted by atomic mass is 19.4. The van der Waals surface area contributed by atoms with Crippen LogP contribution in [-0.2, 0) is 18.9 Å². The molecule has 0 bridgehead atoms. The Balaban J connectivity index is 1.06. The molecule has 81 heavy (non-hydrogen) atoms. The van der Waals surface area contributed by atoms with Crippen LogP contribution in [0.15, 0.2) is 236 Å². The molecule has 4 heterocycles. The van der Waals surface area contributed by atoms with Crippen LogP contribution in [0.2, 0.25) is 0 Å². The van der Waals surface area contributed by atoms with Gasteiger partial charge in [0.1, 0.15) is 0 Å². The molecule has 4 nitrogen and oxygen atoms in total. The number of hydrogen-bond acceptors (Lipinski definition) is 0. The molecule has 0 saturated heterocycles. The number of alkyl halides is 6. The van der Waals surface area contributed by atoms with Crippen molar-refractivity contribution in [2.45, 2.75) is 32.7 Å². The minimum atomic E-state index is -4.60. The van der Waals surface area contributed by atoms with Gasteiger partial charge in [-0.3, -0.25) is 0 Å². The summed E-state index contributed by atoms with van der Waals surface area (Å²) >= 11 is 0. The van der Waals surface area contributed by atoms with Crippen LogP contribution in [-0.4, -0.2) is 18.3 Å². The lowest BCUT2D eigenvalue weighted by Gasteiger charge is -2.24. The summed E-state index contributed by atoms with van der Waals surface area (Å²) in [6, 6.07) is 73.4. The number of hydrogen-bond donors (Lipinski definition) is 0. The maximum Gasteiger partial charge on any atom is 0.416 e. The molecule has 0 saturated carbocycles. The third-order valence-corrected chi connectivity index (χ3v) is 17.0. The van der Waals surface area contributed by atoms with Crippen molar-refractivity contribution in [3.63, 3.8) is 0 Å². The molecule has 15 rings (SSSR count). The van der Waals surface area contributed by atoms with Crippen molar-refractivity contribution >= 4 is 104 Å². The lowest BCUT2D eigenvalue weighted by atomic mass is 9.84. The van der Waals surface area contributed by atoms with Crippen LogP contribution in [0.4, 0.5) is 26.3 Å². The van der Waals surface area contributed by atoms with Crippen LogP contribution in [0.25, 0.3) is 115 Å². The standard InChI is InChI=1S/C71H48F6N4/c1-42(41-78-56-25-13-9-21-50(56)52-37-39-60-65(67(52)78)54-23-11-15-27-58(54)79(60)48-17-5-3-6-18-48)62-43(2)63(44-29-33-46(34-30-44)70(72,73)74)69(64(62)45-31-35-47(36-32-45)71(75,76)77)81-57-26-14-10-22-51(57)53-38-40-61-66(68(53)81)55-24-12-16-28-59(55)80(61)49-19-7-4-8-20-49/h3-40,42-43H,41H2,1-2H3/t42-,43?/m1/s1. The Hall–Kier alpha value is -9.54. The maximum absolute atomic E-state index is 14.7. The number of nitrogens with zero attached hydrogens (tertiary/aromatic N) is 4. The zero-order chi connectivity index (χ0) is 55.1. The van der Waals surface area contributed by atoms with Crippen molar-refractivity contribution in [1.82, 2.24) is 18.3 Å². The molecule has 1 aliphatic rings. The molecule has 10 aromatic carbocycles. The molecule has 1 unspecified atom stereocenters. The lowest BCUT2D eigenvalue weighted by molar-refractivity contribution is -0.138. The average molecular weight is 1070 g/mol. The summed E-state index contributed by atoms with van der Waals surface area (Å²) in [6.45, 7) is 4.75. The van der Waals surface area contributed by atoms with Crippen molar-refractivity contribution < 1.29 is 26.3 Å². The highest BCUT2D eigenvalue weighted by Gasteiger charge is 2.40. The predicted octanol–water partition coefficient (Wildman–Crippen LogP) is 19.9. The first-order valence-electron chi connectivity index (χ1n) is 27.2. The van der Waals surface area contributed by atoms with E-state index in [-0.39, 0.29) is 5.92 Å². The second-order valence-corrected chi connectivity index (χ2v) is 21.4. The SMILES string of the molecule is CC1C(c2ccc(C(F)(F)F)cc2)=C(n2c3ccccc3c3ccc4c(c5ccccc5n4-c4ccccc4)c32)C(c2ccc(C(F)(F)F)cc2)=C1[C@H](C)Cn1c2ccccc2c2ccc3c(c4ccccc4n3-c3ccccc3)c21. The van der Waals surface area contributed by atoms with Crippen molar-refractivity contribution in [3.05, 3.63) is 258 Å². The molecule has 2 atom stereocenters. The number of rotatable bonds is 8. The second-order valence-electron chi connectivity index (χ2n) is 21.4. The van der Waals surface area contributed by atoms with Crippen molar-refractivity contribution in [2.24, 2.45) is 11.8 Å². The van der Waals surface area contributed by atoms with Crippen LogP contribution >= 0.6 is 0 Å². The summed E-state index contributed by atoms with van der Waals surface area (Å²) in [6.07, 6.45) is -9.19. The van der Waals surface area contributed by atoms with Crippen LogP contribution < -0.4 is 0 Å². The van der Waals surface area contributed by atoms with Gasteiger partial charge < -0.3 is 18.3 Å². The van der Waals surface area contributed by atoms with E-state index in [0.29, 0.717) is 23.4 Å². The highest BCUT2D eigenvalue weighted by Crippen LogP contribution is 2.56. The first-order chi connectivity index (χ1) is 39.3. The molecule has 0 amide bonds. The fourth-order valence-corrected chi connectivity index (χ4v) is 13.7. The number of para-hydroxylation sites is 6. The summed E-state index contributed by atoms with van der Waals surface area (Å²) in [4.78, 5) is 0. The third kappa shape index (κ3) is 7.32. The highest BCUT2D eigenvalue weighted by molar-refractivity contribution is 6.30. The Morgan fingerprint density at radius 2 is 0.790 bits per heavy atom. The number of fused-ring (bicyclic) bond motifs is 14. The summed E-state index contributed by atoms with van der Waals surface area (Å²) in [5, 5.41) is 8.24. The van der Waals surface area contributed by atoms with Gasteiger partial charge in [0.2, 0.25) is 0 Å². The van der Waals surface area contributed by atoms with E-state index in [2.05, 4.69) is 153 Å². The summed E-state index contributed by atoms with van der Waals surface area (Å²) in [5.41, 5.74) is 12.6. The minimum Gasteiger partial charge on any atom is -0.339 e. The summed E-state index contributed by atoms with van der Waals surface area (Å²) in [5.74, 6) is -0.776. The fourth-order valence-electron chi connectivity index (χ4n) is 13.7. The third-order valence-electron chi connectivity index (χ3n) is 17.0. The molecule has 0 spiro atoms. The first kappa shape index (κ1) is 48.6. The average Bonchev–Trinajstić information content (AvgIpc) is 3.35. The zero-order valence-electron chi connectivity index (χ0n) is 43.9. The van der Waals surface area contributed by atoms with E-state index >= 15 is 0 Å². The van der Waals surface area contributed by atoms with Gasteiger partial charge in [0, 0.05) is 78.0 Å². The van der Waals surface area contributed by atoms with Gasteiger partial charge in [0.25, 0.3) is 0 Å². The number of aromatic nitrogens is 4. The summed E-state index contributed by atoms with van der Waals surface area (Å²) in [7, 11) is 0. The molecule has 4 aromatic heterocycles. The Labute approximate surface area is 460 Å². The van der Waals surface area contributed by atoms with Gasteiger partial charge in [-0.1, -0.05) is 159 Å². The van der Waals surface area contributed by atoms with Gasteiger partial charge >= 0.3 is 12.4 Å². The van der Waals surface area contributed by atoms with Gasteiger partial charge in [-0.05, 0) is 113 Å². The van der Waals surface area contributed by atoms with E-state index in [4.69, 9.17) is 0 Å². The Morgan fingerprint density at radius 3 is 1.30 bits per heavy atom. The zero-order valence-corrected chi connectivity index (χ0v) is 43.9. The monoisotopic (exact) mass is 1070 g/mol. The van der Waals surface area contributed by atoms with E-state index in [1.807, 2.05) is 60.7 Å². The molecule has 0 radical (unpaired) electrons. The van der Waals surface area contributed by atoms with E-state index in [9.17, 15) is 26.3 Å². The largest absolute Gasteiger partial charge is 0.416 e. The first-order valence-corrected chi connectivity index (χ1v) is 27.2. The Morgan fingerprint density at radius 1 is 0.383 bits per heavy atom. The normalized spacial score (nSPS) is 14.9. The predicted molar refractivity (Wildman–Crippen MR) is 319 cm³/mol. The van der Waals surface area contributed by atoms with Crippen LogP contribution in [0.5, 0.6) is 0 Å². The molecule has 0 N–H and O–H groups in total. The van der Waals surface area contributed by atoms with E-state index < -0.39 is 29.4 Å². The van der Waals surface area contributed by atoms with Gasteiger partial charge in [0.05, 0.1) is 55.4 Å². The molecule has 0 fully saturated rings. The van der Waals surface area contributed by atoms with Crippen LogP contribution in [0, 0.1) is 11.8 Å². The second kappa shape index (κ2) is 18.0. The van der Waals surface area contributed by atoms with Gasteiger partial charge in [-0.25, -0.2) is 0 Å². The van der Waals surface area contributed by atoms with Crippen LogP contribution in [0.1, 0.15) is 36.1 Å². The molecular weight excluding hydrogens is 1020 g/mol. The lowest BCUT2D eigenvalue weighted by Crippen LogP contribution is -2.15. The molecule has 394 valence electrons. The minimum absolute atomic E-state index is 0.316. The molecular formula is C71H48F6N4. The number of allylic oxidation sites excluding steroid dienone is 4. The van der Waals surface area contributed by atoms with Crippen molar-refractivity contribution in [2.75, 3.05) is 0 Å². The van der Waals surface area contributed by atoms with Gasteiger partial charge in [-0.15, -0.1) is 0 Å². The number of benzene rings is 10. The fraction of sp³-hybridized carbons (Fsp3) is 0.0986. The van der Waals surface area contributed by atoms with E-state index in [1.54, 1.807) is 24.3 Å². The number of halogens is 6. The van der Waals surface area contributed by atoms with Gasteiger partial charge in [-0.2, -0.15) is 26.3 Å². The Bertz CT molecular complexity index is 4930. The molecule has 10 heteroatoms. The molecule has 14 aromatic rings. The smallest absolute Gasteiger partial charge is 0.339 e. The van der Waals surface area contributed by atoms with E-state index in [0.717, 1.165) is 140 Å². The Kier molecular flexibility index (Phi) is 10.8. The molecule has 0 aliphatic heterocycles. The van der Waals surface area contributed by atoms with Gasteiger partial charge in [0.15, 0.2) is 0 Å². The molecule has 1 aliphatic carbocycles. The summed E-state index contributed by atoms with van der Waals surface area (Å²) < 4.78 is 96.9.